The molecular formula is C15H17N. The highest BCUT2D eigenvalue weighted by molar-refractivity contribution is 5.35. The van der Waals surface area contributed by atoms with Gasteiger partial charge in [-0.25, -0.2) is 0 Å². The molecule has 0 amide bonds. The molecule has 0 aliphatic carbocycles. The average molecular weight is 211 g/mol. The Morgan fingerprint density at radius 2 is 1.94 bits per heavy atom. The molecular weight excluding hydrogens is 194 g/mol. The molecule has 0 aliphatic rings. The topological polar surface area (TPSA) is 23.8 Å². The molecule has 1 rings (SSSR count). The van der Waals surface area contributed by atoms with E-state index in [1.54, 1.807) is 0 Å². The minimum Gasteiger partial charge on any atom is -0.192 e. The van der Waals surface area contributed by atoms with Crippen molar-refractivity contribution in [1.82, 2.24) is 0 Å². The van der Waals surface area contributed by atoms with Crippen molar-refractivity contribution in [2.24, 2.45) is 0 Å². The van der Waals surface area contributed by atoms with Crippen LogP contribution in [0.2, 0.25) is 0 Å². The lowest BCUT2D eigenvalue weighted by atomic mass is 9.99. The van der Waals surface area contributed by atoms with Crippen LogP contribution in [-0.2, 0) is 0 Å². The summed E-state index contributed by atoms with van der Waals surface area (Å²) >= 11 is 0. The largest absolute Gasteiger partial charge is 0.192 e. The quantitative estimate of drug-likeness (QED) is 0.545. The van der Waals surface area contributed by atoms with E-state index in [-0.39, 0.29) is 0 Å². The van der Waals surface area contributed by atoms with Crippen molar-refractivity contribution < 1.29 is 0 Å². The molecule has 1 unspecified atom stereocenters. The van der Waals surface area contributed by atoms with Gasteiger partial charge in [0.1, 0.15) is 0 Å². The van der Waals surface area contributed by atoms with E-state index in [4.69, 9.17) is 5.26 Å². The first-order chi connectivity index (χ1) is 7.67. The van der Waals surface area contributed by atoms with E-state index in [1.165, 1.54) is 11.1 Å². The molecule has 1 aromatic rings. The Bertz CT molecular complexity index is 429. The smallest absolute Gasteiger partial charge is 0.0987 e. The van der Waals surface area contributed by atoms with Crippen LogP contribution in [0.1, 0.15) is 30.9 Å². The first kappa shape index (κ1) is 12.3. The molecule has 0 N–H and O–H groups in total. The summed E-state index contributed by atoms with van der Waals surface area (Å²) in [6.45, 7) is 6.09. The summed E-state index contributed by atoms with van der Waals surface area (Å²) in [5.41, 5.74) is 3.25. The number of hydrogen-bond acceptors (Lipinski definition) is 1. The summed E-state index contributed by atoms with van der Waals surface area (Å²) in [7, 11) is 0. The van der Waals surface area contributed by atoms with Crippen molar-refractivity contribution in [3.63, 3.8) is 0 Å². The zero-order chi connectivity index (χ0) is 12.0. The number of nitrogens with zero attached hydrogens (tertiary/aromatic N) is 1. The lowest BCUT2D eigenvalue weighted by Gasteiger charge is -2.06. The van der Waals surface area contributed by atoms with E-state index in [2.05, 4.69) is 50.3 Å². The number of allylic oxidation sites excluding steroid dienone is 4. The summed E-state index contributed by atoms with van der Waals surface area (Å²) in [6.07, 6.45) is 5.76. The van der Waals surface area contributed by atoms with Gasteiger partial charge in [0.05, 0.1) is 6.07 Å². The van der Waals surface area contributed by atoms with Crippen LogP contribution in [0.4, 0.5) is 0 Å². The molecule has 82 valence electrons. The highest BCUT2D eigenvalue weighted by atomic mass is 14.2. The maximum atomic E-state index is 8.78. The Morgan fingerprint density at radius 3 is 2.44 bits per heavy atom. The van der Waals surface area contributed by atoms with Gasteiger partial charge in [-0.15, -0.1) is 0 Å². The van der Waals surface area contributed by atoms with Gasteiger partial charge in [0.15, 0.2) is 0 Å². The third kappa shape index (κ3) is 3.40. The van der Waals surface area contributed by atoms with E-state index in [1.807, 2.05) is 19.1 Å². The van der Waals surface area contributed by atoms with Crippen molar-refractivity contribution >= 4 is 0 Å². The van der Waals surface area contributed by atoms with Gasteiger partial charge in [-0.1, -0.05) is 48.9 Å². The highest BCUT2D eigenvalue weighted by Crippen LogP contribution is 2.17. The molecule has 0 aliphatic heterocycles. The van der Waals surface area contributed by atoms with E-state index in [9.17, 15) is 0 Å². The van der Waals surface area contributed by atoms with Gasteiger partial charge in [-0.2, -0.15) is 5.26 Å². The number of benzene rings is 1. The fraction of sp³-hybridized carbons (Fsp3) is 0.267. The van der Waals surface area contributed by atoms with Crippen LogP contribution in [0.15, 0.2) is 48.1 Å². The molecule has 1 atom stereocenters. The molecule has 1 aromatic carbocycles. The number of hydrogen-bond donors (Lipinski definition) is 0. The average Bonchev–Trinajstić information content (AvgIpc) is 2.31. The second-order valence-corrected chi connectivity index (χ2v) is 3.91. The number of rotatable bonds is 3. The molecule has 1 nitrogen and oxygen atoms in total. The van der Waals surface area contributed by atoms with Gasteiger partial charge in [-0.3, -0.25) is 0 Å². The van der Waals surface area contributed by atoms with E-state index < -0.39 is 0 Å². The molecule has 0 heterocycles. The molecule has 0 radical (unpaired) electrons. The highest BCUT2D eigenvalue weighted by Gasteiger charge is 2.00. The van der Waals surface area contributed by atoms with Crippen LogP contribution in [0.5, 0.6) is 0 Å². The Labute approximate surface area is 97.7 Å². The van der Waals surface area contributed by atoms with Gasteiger partial charge in [0.2, 0.25) is 0 Å². The zero-order valence-electron chi connectivity index (χ0n) is 10.1. The maximum absolute atomic E-state index is 8.78. The lowest BCUT2D eigenvalue weighted by Crippen LogP contribution is -1.89. The SMILES string of the molecule is C/C=C(C#N)\C=C/C(C)c1ccc(C)cc1. The van der Waals surface area contributed by atoms with Crippen LogP contribution in [0.3, 0.4) is 0 Å². The normalized spacial score (nSPS) is 13.8. The second kappa shape index (κ2) is 5.92. The van der Waals surface area contributed by atoms with Gasteiger partial charge < -0.3 is 0 Å². The Balaban J connectivity index is 2.77. The second-order valence-electron chi connectivity index (χ2n) is 3.91. The van der Waals surface area contributed by atoms with Gasteiger partial charge in [0.25, 0.3) is 0 Å². The fourth-order valence-corrected chi connectivity index (χ4v) is 1.43. The summed E-state index contributed by atoms with van der Waals surface area (Å²) < 4.78 is 0. The molecule has 0 spiro atoms. The molecule has 0 bridgehead atoms. The third-order valence-electron chi connectivity index (χ3n) is 2.61. The summed E-state index contributed by atoms with van der Waals surface area (Å²) in [6, 6.07) is 10.6. The molecule has 0 saturated heterocycles. The van der Waals surface area contributed by atoms with Crippen molar-refractivity contribution in [3.8, 4) is 6.07 Å². The Morgan fingerprint density at radius 1 is 1.31 bits per heavy atom. The van der Waals surface area contributed by atoms with E-state index in [0.717, 1.165) is 0 Å². The van der Waals surface area contributed by atoms with Crippen molar-refractivity contribution in [2.45, 2.75) is 26.7 Å². The van der Waals surface area contributed by atoms with Crippen LogP contribution in [0, 0.1) is 18.3 Å². The van der Waals surface area contributed by atoms with Crippen LogP contribution in [0.25, 0.3) is 0 Å². The first-order valence-electron chi connectivity index (χ1n) is 5.48. The van der Waals surface area contributed by atoms with Crippen LogP contribution in [-0.4, -0.2) is 0 Å². The zero-order valence-corrected chi connectivity index (χ0v) is 10.1. The third-order valence-corrected chi connectivity index (χ3v) is 2.61. The molecule has 1 heteroatoms. The number of nitriles is 1. The standard InChI is InChI=1S/C15H17N/c1-4-14(11-16)8-7-13(3)15-9-5-12(2)6-10-15/h4-10,13H,1-3H3/b8-7-,14-4+. The van der Waals surface area contributed by atoms with Crippen molar-refractivity contribution in [1.29, 1.82) is 5.26 Å². The van der Waals surface area contributed by atoms with Crippen molar-refractivity contribution in [2.75, 3.05) is 0 Å². The Kier molecular flexibility index (Phi) is 4.54. The molecule has 0 aromatic heterocycles. The van der Waals surface area contributed by atoms with E-state index >= 15 is 0 Å². The summed E-state index contributed by atoms with van der Waals surface area (Å²) in [5.74, 6) is 0.337. The predicted molar refractivity (Wildman–Crippen MR) is 68.1 cm³/mol. The fourth-order valence-electron chi connectivity index (χ4n) is 1.43. The van der Waals surface area contributed by atoms with Gasteiger partial charge in [-0.05, 0) is 31.4 Å². The van der Waals surface area contributed by atoms with Gasteiger partial charge in [0, 0.05) is 5.57 Å². The lowest BCUT2D eigenvalue weighted by molar-refractivity contribution is 0.965. The minimum atomic E-state index is 0.337. The summed E-state index contributed by atoms with van der Waals surface area (Å²) in [5, 5.41) is 8.78. The summed E-state index contributed by atoms with van der Waals surface area (Å²) in [4.78, 5) is 0. The van der Waals surface area contributed by atoms with Crippen LogP contribution < -0.4 is 0 Å². The van der Waals surface area contributed by atoms with Crippen molar-refractivity contribution in [3.05, 3.63) is 59.2 Å². The van der Waals surface area contributed by atoms with Crippen LogP contribution >= 0.6 is 0 Å². The monoisotopic (exact) mass is 211 g/mol. The minimum absolute atomic E-state index is 0.337. The molecule has 0 fully saturated rings. The number of aryl methyl sites for hydroxylation is 1. The Hall–Kier alpha value is -1.81. The molecule has 0 saturated carbocycles. The first-order valence-corrected chi connectivity index (χ1v) is 5.48. The molecule has 16 heavy (non-hydrogen) atoms. The van der Waals surface area contributed by atoms with Gasteiger partial charge >= 0.3 is 0 Å². The maximum Gasteiger partial charge on any atom is 0.0987 e. The predicted octanol–water partition coefficient (Wildman–Crippen LogP) is 4.12. The van der Waals surface area contributed by atoms with E-state index in [0.29, 0.717) is 11.5 Å².